The van der Waals surface area contributed by atoms with Gasteiger partial charge in [-0.05, 0) is 37.3 Å². The van der Waals surface area contributed by atoms with E-state index in [-0.39, 0.29) is 22.1 Å². The predicted octanol–water partition coefficient (Wildman–Crippen LogP) is 4.13. The molecule has 114 valence electrons. The van der Waals surface area contributed by atoms with E-state index in [1.54, 1.807) is 18.2 Å². The van der Waals surface area contributed by atoms with Gasteiger partial charge in [0.05, 0.1) is 0 Å². The van der Waals surface area contributed by atoms with E-state index in [4.69, 9.17) is 27.9 Å². The van der Waals surface area contributed by atoms with Gasteiger partial charge in [0.1, 0.15) is 11.3 Å². The van der Waals surface area contributed by atoms with Gasteiger partial charge in [0, 0.05) is 15.6 Å². The van der Waals surface area contributed by atoms with Gasteiger partial charge in [-0.1, -0.05) is 35.3 Å². The van der Waals surface area contributed by atoms with Gasteiger partial charge < -0.3 is 9.84 Å². The van der Waals surface area contributed by atoms with Crippen molar-refractivity contribution >= 4 is 35.0 Å². The van der Waals surface area contributed by atoms with Crippen LogP contribution in [0.3, 0.4) is 0 Å². The molecule has 2 aromatic rings. The third kappa shape index (κ3) is 3.78. The molecule has 2 aromatic carbocycles. The van der Waals surface area contributed by atoms with E-state index in [9.17, 15) is 14.7 Å². The van der Waals surface area contributed by atoms with Crippen LogP contribution in [-0.2, 0) is 4.74 Å². The van der Waals surface area contributed by atoms with Crippen molar-refractivity contribution in [1.29, 1.82) is 0 Å². The summed E-state index contributed by atoms with van der Waals surface area (Å²) in [4.78, 5) is 24.2. The van der Waals surface area contributed by atoms with E-state index in [2.05, 4.69) is 0 Å². The molecule has 0 heterocycles. The minimum absolute atomic E-state index is 0.0601. The molecule has 0 amide bonds. The second-order valence-corrected chi connectivity index (χ2v) is 5.46. The first-order chi connectivity index (χ1) is 10.4. The van der Waals surface area contributed by atoms with Crippen molar-refractivity contribution in [2.75, 3.05) is 0 Å². The van der Waals surface area contributed by atoms with Gasteiger partial charge in [-0.25, -0.2) is 4.79 Å². The Morgan fingerprint density at radius 1 is 1.09 bits per heavy atom. The molecule has 0 saturated heterocycles. The number of ether oxygens (including phenoxy) is 1. The van der Waals surface area contributed by atoms with Gasteiger partial charge in [-0.2, -0.15) is 0 Å². The van der Waals surface area contributed by atoms with E-state index >= 15 is 0 Å². The first-order valence-corrected chi connectivity index (χ1v) is 7.13. The van der Waals surface area contributed by atoms with Crippen LogP contribution in [0.5, 0.6) is 5.75 Å². The highest BCUT2D eigenvalue weighted by Crippen LogP contribution is 2.23. The molecule has 0 aliphatic rings. The van der Waals surface area contributed by atoms with Gasteiger partial charge in [-0.3, -0.25) is 4.79 Å². The Balaban J connectivity index is 2.12. The van der Waals surface area contributed by atoms with E-state index in [0.29, 0.717) is 10.6 Å². The molecule has 2 rings (SSSR count). The number of carbonyl (C=O) groups is 2. The molecular weight excluding hydrogens is 327 g/mol. The van der Waals surface area contributed by atoms with Crippen molar-refractivity contribution in [3.63, 3.8) is 0 Å². The first-order valence-electron chi connectivity index (χ1n) is 6.38. The lowest BCUT2D eigenvalue weighted by atomic mass is 10.1. The van der Waals surface area contributed by atoms with Crippen molar-refractivity contribution in [3.05, 3.63) is 63.6 Å². The van der Waals surface area contributed by atoms with E-state index in [1.165, 1.54) is 31.2 Å². The van der Waals surface area contributed by atoms with Crippen LogP contribution in [0.25, 0.3) is 0 Å². The van der Waals surface area contributed by atoms with Gasteiger partial charge in [0.15, 0.2) is 6.10 Å². The number of esters is 1. The number of Topliss-reactive ketones (excluding diaryl/α,β-unsaturated/α-hetero) is 1. The third-order valence-electron chi connectivity index (χ3n) is 2.94. The van der Waals surface area contributed by atoms with Crippen LogP contribution in [0.4, 0.5) is 0 Å². The maximum absolute atomic E-state index is 12.2. The maximum atomic E-state index is 12.2. The van der Waals surface area contributed by atoms with Crippen LogP contribution in [0.1, 0.15) is 27.6 Å². The summed E-state index contributed by atoms with van der Waals surface area (Å²) in [6.07, 6.45) is -1.01. The second kappa shape index (κ2) is 6.81. The Morgan fingerprint density at radius 3 is 2.41 bits per heavy atom. The van der Waals surface area contributed by atoms with E-state index in [0.717, 1.165) is 0 Å². The fraction of sp³-hybridized carbons (Fsp3) is 0.125. The largest absolute Gasteiger partial charge is 0.507 e. The predicted molar refractivity (Wildman–Crippen MR) is 83.8 cm³/mol. The average Bonchev–Trinajstić information content (AvgIpc) is 2.46. The van der Waals surface area contributed by atoms with Gasteiger partial charge >= 0.3 is 5.97 Å². The number of ketones is 1. The molecule has 1 N–H and O–H groups in total. The Hall–Kier alpha value is -2.04. The summed E-state index contributed by atoms with van der Waals surface area (Å²) in [6.45, 7) is 1.45. The third-order valence-corrected chi connectivity index (χ3v) is 3.41. The van der Waals surface area contributed by atoms with Gasteiger partial charge in [0.2, 0.25) is 5.78 Å². The smallest absolute Gasteiger partial charge is 0.342 e. The number of carbonyl (C=O) groups excluding carboxylic acids is 2. The number of rotatable bonds is 4. The van der Waals surface area contributed by atoms with Crippen molar-refractivity contribution in [1.82, 2.24) is 0 Å². The minimum atomic E-state index is -1.01. The monoisotopic (exact) mass is 338 g/mol. The lowest BCUT2D eigenvalue weighted by Crippen LogP contribution is -2.24. The minimum Gasteiger partial charge on any atom is -0.507 e. The molecule has 0 saturated carbocycles. The van der Waals surface area contributed by atoms with Crippen molar-refractivity contribution in [3.8, 4) is 5.75 Å². The highest BCUT2D eigenvalue weighted by Gasteiger charge is 2.22. The zero-order valence-corrected chi connectivity index (χ0v) is 13.1. The zero-order chi connectivity index (χ0) is 16.3. The fourth-order valence-corrected chi connectivity index (χ4v) is 2.19. The Morgan fingerprint density at radius 2 is 1.77 bits per heavy atom. The SMILES string of the molecule is CC(OC(=O)c1ccc(Cl)cc1O)C(=O)c1cccc(Cl)c1. The molecule has 6 heteroatoms. The molecule has 22 heavy (non-hydrogen) atoms. The summed E-state index contributed by atoms with van der Waals surface area (Å²) in [5.74, 6) is -1.50. The average molecular weight is 339 g/mol. The number of aromatic hydroxyl groups is 1. The maximum Gasteiger partial charge on any atom is 0.342 e. The topological polar surface area (TPSA) is 63.6 Å². The first kappa shape index (κ1) is 16.3. The second-order valence-electron chi connectivity index (χ2n) is 4.58. The lowest BCUT2D eigenvalue weighted by Gasteiger charge is -2.13. The van der Waals surface area contributed by atoms with Crippen LogP contribution in [0, 0.1) is 0 Å². The number of phenolic OH excluding ortho intramolecular Hbond substituents is 1. The number of phenols is 1. The molecule has 0 aliphatic heterocycles. The Kier molecular flexibility index (Phi) is 5.06. The summed E-state index contributed by atoms with van der Waals surface area (Å²) in [7, 11) is 0. The van der Waals surface area contributed by atoms with Crippen molar-refractivity contribution in [2.45, 2.75) is 13.0 Å². The zero-order valence-electron chi connectivity index (χ0n) is 11.5. The standard InChI is InChI=1S/C16H12Cl2O4/c1-9(15(20)10-3-2-4-11(17)7-10)22-16(21)13-6-5-12(18)8-14(13)19/h2-9,19H,1H3. The Bertz CT molecular complexity index is 728. The van der Waals surface area contributed by atoms with E-state index in [1.807, 2.05) is 0 Å². The van der Waals surface area contributed by atoms with E-state index < -0.39 is 12.1 Å². The summed E-state index contributed by atoms with van der Waals surface area (Å²) < 4.78 is 5.08. The summed E-state index contributed by atoms with van der Waals surface area (Å²) in [5.41, 5.74) is 0.281. The highest BCUT2D eigenvalue weighted by molar-refractivity contribution is 6.31. The number of halogens is 2. The van der Waals surface area contributed by atoms with Crippen molar-refractivity contribution in [2.24, 2.45) is 0 Å². The quantitative estimate of drug-likeness (QED) is 0.672. The molecule has 0 fully saturated rings. The molecule has 1 atom stereocenters. The molecule has 0 radical (unpaired) electrons. The summed E-state index contributed by atoms with van der Waals surface area (Å²) in [6, 6.07) is 10.3. The lowest BCUT2D eigenvalue weighted by molar-refractivity contribution is 0.0316. The molecule has 1 unspecified atom stereocenters. The van der Waals surface area contributed by atoms with Crippen LogP contribution >= 0.6 is 23.2 Å². The van der Waals surface area contributed by atoms with Gasteiger partial charge in [-0.15, -0.1) is 0 Å². The molecule has 0 bridgehead atoms. The van der Waals surface area contributed by atoms with Crippen LogP contribution < -0.4 is 0 Å². The van der Waals surface area contributed by atoms with Gasteiger partial charge in [0.25, 0.3) is 0 Å². The van der Waals surface area contributed by atoms with Crippen LogP contribution in [0.2, 0.25) is 10.0 Å². The highest BCUT2D eigenvalue weighted by atomic mass is 35.5. The molecule has 0 aliphatic carbocycles. The number of hydrogen-bond donors (Lipinski definition) is 1. The molecule has 4 nitrogen and oxygen atoms in total. The van der Waals surface area contributed by atoms with Crippen LogP contribution in [0.15, 0.2) is 42.5 Å². The van der Waals surface area contributed by atoms with Crippen LogP contribution in [-0.4, -0.2) is 23.0 Å². The number of benzene rings is 2. The number of hydrogen-bond acceptors (Lipinski definition) is 4. The van der Waals surface area contributed by atoms with Crippen molar-refractivity contribution < 1.29 is 19.4 Å². The molecule has 0 aromatic heterocycles. The summed E-state index contributed by atoms with van der Waals surface area (Å²) in [5, 5.41) is 10.4. The Labute approximate surface area is 137 Å². The fourth-order valence-electron chi connectivity index (χ4n) is 1.83. The normalized spacial score (nSPS) is 11.8. The summed E-state index contributed by atoms with van der Waals surface area (Å²) >= 11 is 11.5. The molecular formula is C16H12Cl2O4. The molecule has 0 spiro atoms.